The summed E-state index contributed by atoms with van der Waals surface area (Å²) in [6, 6.07) is 1.91. The highest BCUT2D eigenvalue weighted by molar-refractivity contribution is 5.14. The van der Waals surface area contributed by atoms with E-state index in [1.807, 2.05) is 38.0 Å². The van der Waals surface area contributed by atoms with Gasteiger partial charge < -0.3 is 5.73 Å². The van der Waals surface area contributed by atoms with E-state index in [2.05, 4.69) is 15.4 Å². The Morgan fingerprint density at radius 3 is 2.69 bits per heavy atom. The van der Waals surface area contributed by atoms with Crippen LogP contribution in [0.25, 0.3) is 0 Å². The zero-order valence-corrected chi connectivity index (χ0v) is 9.75. The Morgan fingerprint density at radius 2 is 2.19 bits per heavy atom. The Morgan fingerprint density at radius 1 is 1.44 bits per heavy atom. The summed E-state index contributed by atoms with van der Waals surface area (Å²) in [5.41, 5.74) is 9.01. The normalized spacial score (nSPS) is 13.0. The van der Waals surface area contributed by atoms with Crippen molar-refractivity contribution in [3.8, 4) is 0 Å². The molecule has 0 aliphatic heterocycles. The van der Waals surface area contributed by atoms with Crippen LogP contribution in [0.3, 0.4) is 0 Å². The van der Waals surface area contributed by atoms with Crippen molar-refractivity contribution in [1.29, 1.82) is 0 Å². The lowest BCUT2D eigenvalue weighted by Gasteiger charge is -2.09. The number of hydrogen-bond donors (Lipinski definition) is 1. The van der Waals surface area contributed by atoms with Crippen molar-refractivity contribution in [3.05, 3.63) is 29.3 Å². The second-order valence-electron chi connectivity index (χ2n) is 4.03. The van der Waals surface area contributed by atoms with E-state index in [1.165, 1.54) is 0 Å². The van der Waals surface area contributed by atoms with Crippen molar-refractivity contribution < 1.29 is 0 Å². The van der Waals surface area contributed by atoms with Crippen LogP contribution in [0.2, 0.25) is 0 Å². The largest absolute Gasteiger partial charge is 0.322 e. The molecule has 2 aromatic rings. The molecule has 2 heterocycles. The van der Waals surface area contributed by atoms with Gasteiger partial charge in [0.1, 0.15) is 0 Å². The number of hydrogen-bond acceptors (Lipinski definition) is 4. The van der Waals surface area contributed by atoms with E-state index in [-0.39, 0.29) is 6.04 Å². The fourth-order valence-electron chi connectivity index (χ4n) is 1.80. The first-order valence-corrected chi connectivity index (χ1v) is 5.17. The molecule has 2 aromatic heterocycles. The maximum absolute atomic E-state index is 6.11. The Kier molecular flexibility index (Phi) is 2.74. The molecule has 1 unspecified atom stereocenters. The molecule has 6 heteroatoms. The Bertz CT molecular complexity index is 483. The van der Waals surface area contributed by atoms with Crippen molar-refractivity contribution in [2.24, 2.45) is 19.8 Å². The summed E-state index contributed by atoms with van der Waals surface area (Å²) >= 11 is 0. The van der Waals surface area contributed by atoms with E-state index in [0.29, 0.717) is 6.42 Å². The van der Waals surface area contributed by atoms with Gasteiger partial charge in [0, 0.05) is 26.7 Å². The van der Waals surface area contributed by atoms with Gasteiger partial charge >= 0.3 is 0 Å². The monoisotopic (exact) mass is 220 g/mol. The molecule has 86 valence electrons. The topological polar surface area (TPSA) is 74.6 Å². The van der Waals surface area contributed by atoms with Crippen molar-refractivity contribution in [3.63, 3.8) is 0 Å². The molecule has 0 saturated heterocycles. The van der Waals surface area contributed by atoms with E-state index < -0.39 is 0 Å². The van der Waals surface area contributed by atoms with Crippen LogP contribution in [0.4, 0.5) is 0 Å². The summed E-state index contributed by atoms with van der Waals surface area (Å²) in [5.74, 6) is 0. The van der Waals surface area contributed by atoms with Gasteiger partial charge in [0.05, 0.1) is 23.1 Å². The molecule has 1 atom stereocenters. The quantitative estimate of drug-likeness (QED) is 0.796. The van der Waals surface area contributed by atoms with Crippen LogP contribution in [0, 0.1) is 6.92 Å². The minimum Gasteiger partial charge on any atom is -0.322 e. The molecule has 6 nitrogen and oxygen atoms in total. The Labute approximate surface area is 94.1 Å². The summed E-state index contributed by atoms with van der Waals surface area (Å²) in [4.78, 5) is 0. The lowest BCUT2D eigenvalue weighted by Crippen LogP contribution is -2.17. The van der Waals surface area contributed by atoms with Crippen LogP contribution in [-0.2, 0) is 20.5 Å². The fourth-order valence-corrected chi connectivity index (χ4v) is 1.80. The summed E-state index contributed by atoms with van der Waals surface area (Å²) in [5, 5.41) is 12.2. The van der Waals surface area contributed by atoms with E-state index in [4.69, 9.17) is 5.73 Å². The van der Waals surface area contributed by atoms with Gasteiger partial charge in [-0.05, 0) is 13.0 Å². The average Bonchev–Trinajstić information content (AvgIpc) is 2.73. The first-order valence-electron chi connectivity index (χ1n) is 5.17. The van der Waals surface area contributed by atoms with Gasteiger partial charge in [0.15, 0.2) is 0 Å². The van der Waals surface area contributed by atoms with Gasteiger partial charge in [-0.25, -0.2) is 0 Å². The first-order chi connectivity index (χ1) is 7.56. The standard InChI is InChI=1S/C10H16N6/c1-7-4-10(16(3)13-7)9(11)5-8-6-15(2)14-12-8/h4,6,9H,5,11H2,1-3H3. The molecule has 0 bridgehead atoms. The summed E-state index contributed by atoms with van der Waals surface area (Å²) in [6.07, 6.45) is 2.55. The third-order valence-electron chi connectivity index (χ3n) is 2.50. The highest BCUT2D eigenvalue weighted by Crippen LogP contribution is 2.14. The third kappa shape index (κ3) is 2.11. The first kappa shape index (κ1) is 10.8. The van der Waals surface area contributed by atoms with E-state index in [0.717, 1.165) is 17.1 Å². The molecule has 16 heavy (non-hydrogen) atoms. The van der Waals surface area contributed by atoms with Gasteiger partial charge in [-0.15, -0.1) is 5.10 Å². The molecule has 0 spiro atoms. The maximum Gasteiger partial charge on any atom is 0.0846 e. The number of nitrogens with zero attached hydrogens (tertiary/aromatic N) is 5. The van der Waals surface area contributed by atoms with Crippen molar-refractivity contribution in [2.75, 3.05) is 0 Å². The molecule has 0 aromatic carbocycles. The van der Waals surface area contributed by atoms with Crippen LogP contribution < -0.4 is 5.73 Å². The van der Waals surface area contributed by atoms with Crippen LogP contribution >= 0.6 is 0 Å². The predicted octanol–water partition coefficient (Wildman–Crippen LogP) is 0.0995. The number of aromatic nitrogens is 5. The Balaban J connectivity index is 2.14. The van der Waals surface area contributed by atoms with Gasteiger partial charge in [0.2, 0.25) is 0 Å². The molecule has 2 N–H and O–H groups in total. The number of nitrogens with two attached hydrogens (primary N) is 1. The number of aryl methyl sites for hydroxylation is 3. The molecule has 2 rings (SSSR count). The second-order valence-corrected chi connectivity index (χ2v) is 4.03. The van der Waals surface area contributed by atoms with Gasteiger partial charge in [-0.3, -0.25) is 9.36 Å². The molecule has 0 saturated carbocycles. The Hall–Kier alpha value is -1.69. The lowest BCUT2D eigenvalue weighted by atomic mass is 10.1. The molecular weight excluding hydrogens is 204 g/mol. The second kappa shape index (κ2) is 4.05. The highest BCUT2D eigenvalue weighted by Gasteiger charge is 2.13. The zero-order chi connectivity index (χ0) is 11.7. The smallest absolute Gasteiger partial charge is 0.0846 e. The minimum absolute atomic E-state index is 0.0945. The van der Waals surface area contributed by atoms with Gasteiger partial charge in [-0.1, -0.05) is 5.21 Å². The lowest BCUT2D eigenvalue weighted by molar-refractivity contribution is 0.608. The summed E-state index contributed by atoms with van der Waals surface area (Å²) in [7, 11) is 3.75. The zero-order valence-electron chi connectivity index (χ0n) is 9.75. The molecule has 0 fully saturated rings. The highest BCUT2D eigenvalue weighted by atomic mass is 15.4. The molecule has 0 aliphatic rings. The average molecular weight is 220 g/mol. The van der Waals surface area contributed by atoms with Crippen molar-refractivity contribution in [1.82, 2.24) is 24.8 Å². The van der Waals surface area contributed by atoms with Crippen molar-refractivity contribution >= 4 is 0 Å². The van der Waals surface area contributed by atoms with Crippen LogP contribution in [0.5, 0.6) is 0 Å². The molecular formula is C10H16N6. The summed E-state index contributed by atoms with van der Waals surface area (Å²) < 4.78 is 3.49. The van der Waals surface area contributed by atoms with E-state index in [1.54, 1.807) is 4.68 Å². The van der Waals surface area contributed by atoms with Crippen LogP contribution in [0.15, 0.2) is 12.3 Å². The van der Waals surface area contributed by atoms with E-state index in [9.17, 15) is 0 Å². The van der Waals surface area contributed by atoms with Crippen molar-refractivity contribution in [2.45, 2.75) is 19.4 Å². The van der Waals surface area contributed by atoms with Crippen LogP contribution in [-0.4, -0.2) is 24.8 Å². The van der Waals surface area contributed by atoms with E-state index >= 15 is 0 Å². The number of rotatable bonds is 3. The molecule has 0 amide bonds. The predicted molar refractivity (Wildman–Crippen MR) is 59.6 cm³/mol. The summed E-state index contributed by atoms with van der Waals surface area (Å²) in [6.45, 7) is 1.96. The fraction of sp³-hybridized carbons (Fsp3) is 0.500. The van der Waals surface area contributed by atoms with Gasteiger partial charge in [-0.2, -0.15) is 5.10 Å². The van der Waals surface area contributed by atoms with Crippen LogP contribution in [0.1, 0.15) is 23.1 Å². The van der Waals surface area contributed by atoms with Gasteiger partial charge in [0.25, 0.3) is 0 Å². The third-order valence-corrected chi connectivity index (χ3v) is 2.50. The maximum atomic E-state index is 6.11. The minimum atomic E-state index is -0.0945. The molecule has 0 radical (unpaired) electrons. The SMILES string of the molecule is Cc1cc(C(N)Cc2cn(C)nn2)n(C)n1. The molecule has 0 aliphatic carbocycles.